The predicted octanol–water partition coefficient (Wildman–Crippen LogP) is 3.03. The van der Waals surface area contributed by atoms with Gasteiger partial charge in [0.05, 0.1) is 0 Å². The molecule has 2 aromatic rings. The third-order valence-electron chi connectivity index (χ3n) is 2.03. The van der Waals surface area contributed by atoms with Gasteiger partial charge in [0.25, 0.3) is 0 Å². The zero-order valence-corrected chi connectivity index (χ0v) is 10.2. The van der Waals surface area contributed by atoms with E-state index in [1.54, 1.807) is 12.4 Å². The van der Waals surface area contributed by atoms with Crippen LogP contribution in [-0.2, 0) is 0 Å². The molecule has 0 saturated carbocycles. The van der Waals surface area contributed by atoms with Gasteiger partial charge in [0.2, 0.25) is 0 Å². The SMILES string of the molecule is Cc1cc(Br)cc(NC(=O)n2ccnc2)c1. The maximum atomic E-state index is 11.7. The third-order valence-corrected chi connectivity index (χ3v) is 2.49. The molecule has 82 valence electrons. The summed E-state index contributed by atoms with van der Waals surface area (Å²) in [4.78, 5) is 15.5. The van der Waals surface area contributed by atoms with E-state index in [2.05, 4.69) is 26.2 Å². The number of anilines is 1. The second-order valence-electron chi connectivity index (χ2n) is 3.42. The lowest BCUT2D eigenvalue weighted by atomic mass is 10.2. The van der Waals surface area contributed by atoms with Crippen LogP contribution in [0.5, 0.6) is 0 Å². The van der Waals surface area contributed by atoms with Gasteiger partial charge in [0.15, 0.2) is 0 Å². The Kier molecular flexibility index (Phi) is 3.05. The largest absolute Gasteiger partial charge is 0.331 e. The van der Waals surface area contributed by atoms with Crippen molar-refractivity contribution >= 4 is 27.6 Å². The Morgan fingerprint density at radius 2 is 2.25 bits per heavy atom. The number of benzene rings is 1. The number of aromatic nitrogens is 2. The molecular weight excluding hydrogens is 270 g/mol. The molecule has 0 fully saturated rings. The Morgan fingerprint density at radius 1 is 1.44 bits per heavy atom. The summed E-state index contributed by atoms with van der Waals surface area (Å²) in [5.41, 5.74) is 1.83. The summed E-state index contributed by atoms with van der Waals surface area (Å²) in [6.45, 7) is 1.97. The molecule has 0 aliphatic carbocycles. The highest BCUT2D eigenvalue weighted by molar-refractivity contribution is 9.10. The van der Waals surface area contributed by atoms with E-state index >= 15 is 0 Å². The minimum absolute atomic E-state index is 0.227. The van der Waals surface area contributed by atoms with Crippen LogP contribution in [0.1, 0.15) is 5.56 Å². The topological polar surface area (TPSA) is 46.9 Å². The van der Waals surface area contributed by atoms with Crippen molar-refractivity contribution in [1.82, 2.24) is 9.55 Å². The molecule has 1 aromatic heterocycles. The van der Waals surface area contributed by atoms with Crippen molar-refractivity contribution in [3.63, 3.8) is 0 Å². The highest BCUT2D eigenvalue weighted by Crippen LogP contribution is 2.19. The molecule has 4 nitrogen and oxygen atoms in total. The Morgan fingerprint density at radius 3 is 2.88 bits per heavy atom. The molecule has 2 rings (SSSR count). The first-order valence-electron chi connectivity index (χ1n) is 4.71. The summed E-state index contributed by atoms with van der Waals surface area (Å²) < 4.78 is 2.32. The average molecular weight is 280 g/mol. The van der Waals surface area contributed by atoms with E-state index in [0.717, 1.165) is 15.7 Å². The summed E-state index contributed by atoms with van der Waals surface area (Å²) in [5, 5.41) is 2.78. The molecule has 0 saturated heterocycles. The molecular formula is C11H10BrN3O. The van der Waals surface area contributed by atoms with Crippen LogP contribution in [0.15, 0.2) is 41.4 Å². The van der Waals surface area contributed by atoms with Gasteiger partial charge >= 0.3 is 6.03 Å². The second kappa shape index (κ2) is 4.49. The van der Waals surface area contributed by atoms with Gasteiger partial charge in [0, 0.05) is 22.6 Å². The first-order chi connectivity index (χ1) is 7.65. The quantitative estimate of drug-likeness (QED) is 0.872. The molecule has 1 heterocycles. The molecule has 16 heavy (non-hydrogen) atoms. The summed E-state index contributed by atoms with van der Waals surface area (Å²) in [5.74, 6) is 0. The fourth-order valence-corrected chi connectivity index (χ4v) is 1.98. The first kappa shape index (κ1) is 10.9. The summed E-state index contributed by atoms with van der Waals surface area (Å²) >= 11 is 3.38. The van der Waals surface area contributed by atoms with E-state index in [1.807, 2.05) is 25.1 Å². The summed E-state index contributed by atoms with van der Waals surface area (Å²) in [6, 6.07) is 5.50. The van der Waals surface area contributed by atoms with Gasteiger partial charge in [-0.1, -0.05) is 15.9 Å². The molecule has 5 heteroatoms. The molecule has 0 radical (unpaired) electrons. The number of hydrogen-bond acceptors (Lipinski definition) is 2. The number of hydrogen-bond donors (Lipinski definition) is 1. The van der Waals surface area contributed by atoms with Gasteiger partial charge < -0.3 is 5.32 Å². The third kappa shape index (κ3) is 2.49. The molecule has 0 unspecified atom stereocenters. The van der Waals surface area contributed by atoms with Crippen molar-refractivity contribution in [1.29, 1.82) is 0 Å². The van der Waals surface area contributed by atoms with Crippen molar-refractivity contribution in [2.75, 3.05) is 5.32 Å². The normalized spacial score (nSPS) is 10.1. The lowest BCUT2D eigenvalue weighted by Crippen LogP contribution is -2.17. The van der Waals surface area contributed by atoms with Crippen LogP contribution in [0, 0.1) is 6.92 Å². The lowest BCUT2D eigenvalue weighted by molar-refractivity contribution is 0.253. The zero-order chi connectivity index (χ0) is 11.5. The van der Waals surface area contributed by atoms with E-state index in [4.69, 9.17) is 0 Å². The maximum absolute atomic E-state index is 11.7. The monoisotopic (exact) mass is 279 g/mol. The minimum Gasteiger partial charge on any atom is -0.307 e. The summed E-state index contributed by atoms with van der Waals surface area (Å²) in [6.07, 6.45) is 4.62. The Labute approximate surface area is 101 Å². The molecule has 0 bridgehead atoms. The van der Waals surface area contributed by atoms with Crippen molar-refractivity contribution in [2.24, 2.45) is 0 Å². The number of rotatable bonds is 1. The molecule has 0 spiro atoms. The number of aryl methyl sites for hydroxylation is 1. The number of carbonyl (C=O) groups excluding carboxylic acids is 1. The molecule has 0 aliphatic rings. The van der Waals surface area contributed by atoms with Crippen LogP contribution < -0.4 is 5.32 Å². The van der Waals surface area contributed by atoms with Crippen molar-refractivity contribution in [2.45, 2.75) is 6.92 Å². The van der Waals surface area contributed by atoms with Crippen molar-refractivity contribution in [3.05, 3.63) is 47.0 Å². The van der Waals surface area contributed by atoms with E-state index < -0.39 is 0 Å². The number of carbonyl (C=O) groups is 1. The average Bonchev–Trinajstić information content (AvgIpc) is 2.68. The standard InChI is InChI=1S/C11H10BrN3O/c1-8-4-9(12)6-10(5-8)14-11(16)15-3-2-13-7-15/h2-7H,1H3,(H,14,16). The molecule has 1 aromatic carbocycles. The number of nitrogens with one attached hydrogen (secondary N) is 1. The smallest absolute Gasteiger partial charge is 0.307 e. The Hall–Kier alpha value is -1.62. The fraction of sp³-hybridized carbons (Fsp3) is 0.0909. The van der Waals surface area contributed by atoms with Crippen LogP contribution >= 0.6 is 15.9 Å². The Bertz CT molecular complexity index is 488. The van der Waals surface area contributed by atoms with Gasteiger partial charge in [-0.05, 0) is 30.7 Å². The second-order valence-corrected chi connectivity index (χ2v) is 4.33. The summed E-state index contributed by atoms with van der Waals surface area (Å²) in [7, 11) is 0. The van der Waals surface area contributed by atoms with Crippen LogP contribution in [0.25, 0.3) is 0 Å². The van der Waals surface area contributed by atoms with E-state index in [0.29, 0.717) is 0 Å². The molecule has 1 amide bonds. The molecule has 1 N–H and O–H groups in total. The van der Waals surface area contributed by atoms with Gasteiger partial charge in [-0.25, -0.2) is 9.78 Å². The van der Waals surface area contributed by atoms with Gasteiger partial charge in [0.1, 0.15) is 6.33 Å². The van der Waals surface area contributed by atoms with E-state index in [1.165, 1.54) is 10.9 Å². The molecule has 0 atom stereocenters. The number of halogens is 1. The number of amides is 1. The predicted molar refractivity (Wildman–Crippen MR) is 65.5 cm³/mol. The van der Waals surface area contributed by atoms with Crippen LogP contribution in [0.3, 0.4) is 0 Å². The molecule has 0 aliphatic heterocycles. The highest BCUT2D eigenvalue weighted by Gasteiger charge is 2.04. The zero-order valence-electron chi connectivity index (χ0n) is 8.64. The number of imidazole rings is 1. The van der Waals surface area contributed by atoms with Gasteiger partial charge in [-0.15, -0.1) is 0 Å². The highest BCUT2D eigenvalue weighted by atomic mass is 79.9. The lowest BCUT2D eigenvalue weighted by Gasteiger charge is -2.06. The first-order valence-corrected chi connectivity index (χ1v) is 5.51. The van der Waals surface area contributed by atoms with Gasteiger partial charge in [-0.3, -0.25) is 4.57 Å². The fourth-order valence-electron chi connectivity index (χ4n) is 1.38. The minimum atomic E-state index is -0.227. The van der Waals surface area contributed by atoms with Crippen LogP contribution in [0.4, 0.5) is 10.5 Å². The Balaban J connectivity index is 2.18. The van der Waals surface area contributed by atoms with Crippen molar-refractivity contribution in [3.8, 4) is 0 Å². The van der Waals surface area contributed by atoms with Crippen LogP contribution in [-0.4, -0.2) is 15.6 Å². The van der Waals surface area contributed by atoms with Gasteiger partial charge in [-0.2, -0.15) is 0 Å². The number of nitrogens with zero attached hydrogens (tertiary/aromatic N) is 2. The van der Waals surface area contributed by atoms with E-state index in [9.17, 15) is 4.79 Å². The van der Waals surface area contributed by atoms with Crippen LogP contribution in [0.2, 0.25) is 0 Å². The van der Waals surface area contributed by atoms with E-state index in [-0.39, 0.29) is 6.03 Å². The van der Waals surface area contributed by atoms with Crippen molar-refractivity contribution < 1.29 is 4.79 Å². The maximum Gasteiger partial charge on any atom is 0.331 e.